The number of primary amides is 1. The number of furan rings is 1. The van der Waals surface area contributed by atoms with Crippen LogP contribution < -0.4 is 10.5 Å². The average molecular weight is 456 g/mol. The number of amides is 1. The van der Waals surface area contributed by atoms with Gasteiger partial charge >= 0.3 is 0 Å². The molecule has 0 radical (unpaired) electrons. The molecule has 0 aliphatic heterocycles. The molecule has 0 saturated heterocycles. The summed E-state index contributed by atoms with van der Waals surface area (Å²) in [7, 11) is 1.65. The van der Waals surface area contributed by atoms with E-state index in [1.807, 2.05) is 46.3 Å². The molecule has 0 unspecified atom stereocenters. The van der Waals surface area contributed by atoms with E-state index in [2.05, 4.69) is 10.2 Å². The summed E-state index contributed by atoms with van der Waals surface area (Å²) in [6.45, 7) is 0.489. The number of carbonyl (C=O) groups is 1. The van der Waals surface area contributed by atoms with Gasteiger partial charge in [0, 0.05) is 29.5 Å². The molecule has 0 aliphatic rings. The first kappa shape index (κ1) is 21.1. The lowest BCUT2D eigenvalue weighted by Gasteiger charge is -2.08. The molecule has 4 rings (SSSR count). The minimum Gasteiger partial charge on any atom is -0.497 e. The number of aryl methyl sites for hydroxylation is 1. The van der Waals surface area contributed by atoms with E-state index in [0.717, 1.165) is 32.9 Å². The van der Waals surface area contributed by atoms with Crippen LogP contribution in [0.4, 0.5) is 0 Å². The number of thiazole rings is 1. The third kappa shape index (κ3) is 5.33. The van der Waals surface area contributed by atoms with Crippen LogP contribution in [-0.4, -0.2) is 32.8 Å². The maximum absolute atomic E-state index is 11.2. The molecule has 8 nitrogen and oxygen atoms in total. The molecule has 0 saturated carbocycles. The summed E-state index contributed by atoms with van der Waals surface area (Å²) >= 11 is 3.14. The van der Waals surface area contributed by atoms with Crippen LogP contribution in [0.2, 0.25) is 0 Å². The first-order valence-corrected chi connectivity index (χ1v) is 11.4. The van der Waals surface area contributed by atoms with Gasteiger partial charge in [0.25, 0.3) is 0 Å². The number of rotatable bonds is 10. The number of benzene rings is 1. The number of nitrogens with zero attached hydrogens (tertiary/aromatic N) is 4. The summed E-state index contributed by atoms with van der Waals surface area (Å²) in [5.74, 6) is 2.57. The molecule has 0 aliphatic carbocycles. The molecule has 1 aromatic carbocycles. The minimum absolute atomic E-state index is 0.219. The molecule has 160 valence electrons. The highest BCUT2D eigenvalue weighted by molar-refractivity contribution is 7.98. The van der Waals surface area contributed by atoms with Gasteiger partial charge < -0.3 is 14.9 Å². The number of aromatic nitrogens is 4. The number of hydrogen-bond donors (Lipinski definition) is 1. The predicted octanol–water partition coefficient (Wildman–Crippen LogP) is 3.76. The van der Waals surface area contributed by atoms with E-state index in [1.54, 1.807) is 36.5 Å². The van der Waals surface area contributed by atoms with Crippen LogP contribution in [0.5, 0.6) is 5.75 Å². The second-order valence-electron chi connectivity index (χ2n) is 6.70. The summed E-state index contributed by atoms with van der Waals surface area (Å²) in [5.41, 5.74) is 7.28. The fourth-order valence-corrected chi connectivity index (χ4v) is 4.73. The monoisotopic (exact) mass is 455 g/mol. The molecule has 10 heteroatoms. The number of ether oxygens (including phenoxy) is 1. The molecule has 3 heterocycles. The molecular weight excluding hydrogens is 434 g/mol. The molecule has 31 heavy (non-hydrogen) atoms. The van der Waals surface area contributed by atoms with E-state index < -0.39 is 0 Å². The highest BCUT2D eigenvalue weighted by Gasteiger charge is 2.16. The molecule has 0 bridgehead atoms. The predicted molar refractivity (Wildman–Crippen MR) is 119 cm³/mol. The van der Waals surface area contributed by atoms with Gasteiger partial charge in [-0.3, -0.25) is 9.36 Å². The van der Waals surface area contributed by atoms with Crippen molar-refractivity contribution in [2.24, 2.45) is 5.73 Å². The highest BCUT2D eigenvalue weighted by Crippen LogP contribution is 2.30. The van der Waals surface area contributed by atoms with E-state index in [9.17, 15) is 4.79 Å². The maximum Gasteiger partial charge on any atom is 0.217 e. The van der Waals surface area contributed by atoms with Gasteiger partial charge in [-0.05, 0) is 24.3 Å². The fourth-order valence-electron chi connectivity index (χ4n) is 2.96. The van der Waals surface area contributed by atoms with Gasteiger partial charge in [0.05, 0.1) is 25.6 Å². The molecule has 0 atom stereocenters. The third-order valence-electron chi connectivity index (χ3n) is 4.50. The maximum atomic E-state index is 11.2. The van der Waals surface area contributed by atoms with Gasteiger partial charge in [0.2, 0.25) is 5.91 Å². The number of carbonyl (C=O) groups excluding carboxylic acids is 1. The number of thioether (sulfide) groups is 1. The van der Waals surface area contributed by atoms with Crippen molar-refractivity contribution in [3.63, 3.8) is 0 Å². The molecule has 0 spiro atoms. The van der Waals surface area contributed by atoms with Gasteiger partial charge in [-0.15, -0.1) is 21.5 Å². The van der Waals surface area contributed by atoms with Crippen molar-refractivity contribution in [2.75, 3.05) is 7.11 Å². The van der Waals surface area contributed by atoms with Crippen LogP contribution in [0.1, 0.15) is 23.7 Å². The van der Waals surface area contributed by atoms with Gasteiger partial charge in [0.1, 0.15) is 22.3 Å². The summed E-state index contributed by atoms with van der Waals surface area (Å²) in [6.07, 6.45) is 2.28. The lowest BCUT2D eigenvalue weighted by atomic mass is 10.2. The topological polar surface area (TPSA) is 109 Å². The number of methoxy groups -OCH3 is 1. The Morgan fingerprint density at radius 3 is 2.97 bits per heavy atom. The SMILES string of the molecule is COc1cccc(-c2nc(CSc3nnc(CCC(N)=O)n3Cc3ccco3)cs2)c1. The molecule has 3 aromatic heterocycles. The zero-order chi connectivity index (χ0) is 21.6. The van der Waals surface area contributed by atoms with Gasteiger partial charge in [0.15, 0.2) is 5.16 Å². The minimum atomic E-state index is -0.366. The van der Waals surface area contributed by atoms with E-state index >= 15 is 0 Å². The van der Waals surface area contributed by atoms with Crippen LogP contribution in [0.15, 0.2) is 57.6 Å². The van der Waals surface area contributed by atoms with Gasteiger partial charge in [-0.25, -0.2) is 4.98 Å². The van der Waals surface area contributed by atoms with Crippen LogP contribution in [0.25, 0.3) is 10.6 Å². The van der Waals surface area contributed by atoms with Crippen molar-refractivity contribution < 1.29 is 13.9 Å². The van der Waals surface area contributed by atoms with Crippen LogP contribution in [0, 0.1) is 0 Å². The van der Waals surface area contributed by atoms with Gasteiger partial charge in [-0.2, -0.15) is 0 Å². The first-order valence-electron chi connectivity index (χ1n) is 9.57. The zero-order valence-electron chi connectivity index (χ0n) is 16.9. The first-order chi connectivity index (χ1) is 15.1. The standard InChI is InChI=1S/C21H21N5O3S2/c1-28-16-5-2-4-14(10-16)20-23-15(12-30-20)13-31-21-25-24-19(8-7-18(22)27)26(21)11-17-6-3-9-29-17/h2-6,9-10,12H,7-8,11,13H2,1H3,(H2,22,27). The van der Waals surface area contributed by atoms with Crippen LogP contribution in [-0.2, 0) is 23.5 Å². The summed E-state index contributed by atoms with van der Waals surface area (Å²) in [5, 5.41) is 12.3. The Morgan fingerprint density at radius 1 is 1.29 bits per heavy atom. The summed E-state index contributed by atoms with van der Waals surface area (Å²) < 4.78 is 12.7. The largest absolute Gasteiger partial charge is 0.497 e. The average Bonchev–Trinajstić information content (AvgIpc) is 3.53. The highest BCUT2D eigenvalue weighted by atomic mass is 32.2. The Kier molecular flexibility index (Phi) is 6.68. The van der Waals surface area contributed by atoms with Crippen molar-refractivity contribution in [1.29, 1.82) is 0 Å². The molecule has 4 aromatic rings. The molecular formula is C21H21N5O3S2. The lowest BCUT2D eigenvalue weighted by Crippen LogP contribution is -2.14. The Labute approximate surface area is 187 Å². The lowest BCUT2D eigenvalue weighted by molar-refractivity contribution is -0.118. The molecule has 2 N–H and O–H groups in total. The Bertz CT molecular complexity index is 1150. The quantitative estimate of drug-likeness (QED) is 0.363. The fraction of sp³-hybridized carbons (Fsp3) is 0.238. The summed E-state index contributed by atoms with van der Waals surface area (Å²) in [6, 6.07) is 11.6. The van der Waals surface area contributed by atoms with Crippen molar-refractivity contribution in [3.8, 4) is 16.3 Å². The Morgan fingerprint density at radius 2 is 2.19 bits per heavy atom. The smallest absolute Gasteiger partial charge is 0.217 e. The van der Waals surface area contributed by atoms with Crippen molar-refractivity contribution in [3.05, 3.63) is 65.3 Å². The van der Waals surface area contributed by atoms with E-state index in [4.69, 9.17) is 19.9 Å². The van der Waals surface area contributed by atoms with Gasteiger partial charge in [-0.1, -0.05) is 23.9 Å². The normalized spacial score (nSPS) is 11.0. The zero-order valence-corrected chi connectivity index (χ0v) is 18.5. The number of hydrogen-bond acceptors (Lipinski definition) is 8. The molecule has 0 fully saturated rings. The van der Waals surface area contributed by atoms with Crippen LogP contribution >= 0.6 is 23.1 Å². The van der Waals surface area contributed by atoms with E-state index in [1.165, 1.54) is 0 Å². The van der Waals surface area contributed by atoms with Crippen molar-refractivity contribution >= 4 is 29.0 Å². The van der Waals surface area contributed by atoms with E-state index in [0.29, 0.717) is 24.5 Å². The second-order valence-corrected chi connectivity index (χ2v) is 8.50. The van der Waals surface area contributed by atoms with Crippen molar-refractivity contribution in [1.82, 2.24) is 19.7 Å². The Hall–Kier alpha value is -3.11. The van der Waals surface area contributed by atoms with Crippen molar-refractivity contribution in [2.45, 2.75) is 30.3 Å². The van der Waals surface area contributed by atoms with E-state index in [-0.39, 0.29) is 12.3 Å². The third-order valence-corrected chi connectivity index (χ3v) is 6.44. The Balaban J connectivity index is 1.49. The molecule has 1 amide bonds. The van der Waals surface area contributed by atoms with Crippen LogP contribution in [0.3, 0.4) is 0 Å². The number of nitrogens with two attached hydrogens (primary N) is 1. The second kappa shape index (κ2) is 9.80. The summed E-state index contributed by atoms with van der Waals surface area (Å²) in [4.78, 5) is 16.0.